The fourth-order valence-electron chi connectivity index (χ4n) is 3.44. The summed E-state index contributed by atoms with van der Waals surface area (Å²) < 4.78 is 10.7. The number of hydrogen-bond donors (Lipinski definition) is 0. The van der Waals surface area contributed by atoms with E-state index >= 15 is 0 Å². The van der Waals surface area contributed by atoms with E-state index in [1.165, 1.54) is 0 Å². The van der Waals surface area contributed by atoms with Gasteiger partial charge in [0.15, 0.2) is 0 Å². The van der Waals surface area contributed by atoms with Crippen molar-refractivity contribution in [2.75, 3.05) is 14.2 Å². The van der Waals surface area contributed by atoms with Gasteiger partial charge in [0.05, 0.1) is 14.2 Å². The van der Waals surface area contributed by atoms with Gasteiger partial charge in [-0.2, -0.15) is 0 Å². The molecule has 0 aliphatic carbocycles. The van der Waals surface area contributed by atoms with Gasteiger partial charge in [-0.15, -0.1) is 59.7 Å². The van der Waals surface area contributed by atoms with Crippen molar-refractivity contribution in [1.82, 2.24) is 9.97 Å². The number of ether oxygens (including phenoxy) is 2. The van der Waals surface area contributed by atoms with Gasteiger partial charge in [-0.25, -0.2) is 0 Å². The molecule has 0 spiro atoms. The summed E-state index contributed by atoms with van der Waals surface area (Å²) in [5.41, 5.74) is 4.95. The minimum Gasteiger partial charge on any atom is -0.516 e. The molecule has 164 valence electrons. The van der Waals surface area contributed by atoms with E-state index in [4.69, 9.17) is 19.4 Å². The molecule has 0 bridgehead atoms. The summed E-state index contributed by atoms with van der Waals surface area (Å²) in [6.07, 6.45) is 0. The van der Waals surface area contributed by atoms with E-state index in [1.54, 1.807) is 14.2 Å². The Morgan fingerprint density at radius 2 is 1.12 bits per heavy atom. The van der Waals surface area contributed by atoms with Crippen molar-refractivity contribution in [3.05, 3.63) is 96.3 Å². The van der Waals surface area contributed by atoms with Crippen LogP contribution >= 0.6 is 0 Å². The summed E-state index contributed by atoms with van der Waals surface area (Å²) in [7, 11) is 3.31. The van der Waals surface area contributed by atoms with Crippen molar-refractivity contribution in [2.24, 2.45) is 0 Å². The maximum absolute atomic E-state index is 5.35. The number of nitrogens with zero attached hydrogens (tertiary/aromatic N) is 2. The summed E-state index contributed by atoms with van der Waals surface area (Å²) >= 11 is 0. The number of methoxy groups -OCH3 is 2. The molecule has 0 N–H and O–H groups in total. The maximum atomic E-state index is 5.35. The summed E-state index contributed by atoms with van der Waals surface area (Å²) in [6, 6.07) is 29.9. The monoisotopic (exact) mass is 603 g/mol. The van der Waals surface area contributed by atoms with Crippen LogP contribution in [-0.2, 0) is 26.5 Å². The average molecular weight is 604 g/mol. The maximum Gasteiger partial charge on any atom is 2.00 e. The van der Waals surface area contributed by atoms with Crippen LogP contribution in [0.4, 0.5) is 0 Å². The van der Waals surface area contributed by atoms with Crippen molar-refractivity contribution in [3.8, 4) is 34.0 Å². The quantitative estimate of drug-likeness (QED) is 0.264. The minimum atomic E-state index is -0.399. The summed E-state index contributed by atoms with van der Waals surface area (Å²) in [5, 5.41) is 0. The van der Waals surface area contributed by atoms with Crippen molar-refractivity contribution < 1.29 is 30.5 Å². The van der Waals surface area contributed by atoms with Crippen LogP contribution in [0.15, 0.2) is 72.8 Å². The third-order valence-electron chi connectivity index (χ3n) is 5.35. The average Bonchev–Trinajstić information content (AvgIpc) is 2.84. The molecule has 2 heterocycles. The number of pyridine rings is 2. The fraction of sp³-hybridized carbons (Fsp3) is 0.185. The van der Waals surface area contributed by atoms with Crippen molar-refractivity contribution in [3.63, 3.8) is 0 Å². The summed E-state index contributed by atoms with van der Waals surface area (Å²) in [6.45, 7) is 4.27. The van der Waals surface area contributed by atoms with Gasteiger partial charge < -0.3 is 19.4 Å². The molecule has 32 heavy (non-hydrogen) atoms. The summed E-state index contributed by atoms with van der Waals surface area (Å²) in [4.78, 5) is 9.88. The van der Waals surface area contributed by atoms with Gasteiger partial charge in [0.2, 0.25) is 0 Å². The molecule has 2 aromatic heterocycles. The van der Waals surface area contributed by atoms with Crippen LogP contribution in [0.3, 0.4) is 0 Å². The van der Waals surface area contributed by atoms with Gasteiger partial charge in [0.25, 0.3) is 0 Å². The van der Waals surface area contributed by atoms with E-state index in [9.17, 15) is 0 Å². The molecule has 4 rings (SSSR count). The van der Waals surface area contributed by atoms with E-state index in [0.29, 0.717) is 0 Å². The fourth-order valence-corrected chi connectivity index (χ4v) is 3.44. The second kappa shape index (κ2) is 10.1. The minimum absolute atomic E-state index is 0. The van der Waals surface area contributed by atoms with Gasteiger partial charge in [0.1, 0.15) is 0 Å². The Balaban J connectivity index is 0.00000289. The smallest absolute Gasteiger partial charge is 0.516 e. The van der Waals surface area contributed by atoms with Crippen LogP contribution in [0.25, 0.3) is 22.5 Å². The van der Waals surface area contributed by atoms with E-state index in [1.807, 2.05) is 72.8 Å². The molecule has 4 aromatic rings. The molecule has 0 aliphatic rings. The predicted molar refractivity (Wildman–Crippen MR) is 122 cm³/mol. The Hall–Kier alpha value is -2.97. The van der Waals surface area contributed by atoms with Gasteiger partial charge >= 0.3 is 21.1 Å². The Morgan fingerprint density at radius 1 is 0.688 bits per heavy atom. The van der Waals surface area contributed by atoms with Crippen molar-refractivity contribution in [1.29, 1.82) is 0 Å². The van der Waals surface area contributed by atoms with E-state index in [0.717, 1.165) is 45.4 Å². The van der Waals surface area contributed by atoms with Gasteiger partial charge in [-0.1, -0.05) is 24.3 Å². The van der Waals surface area contributed by atoms with Crippen LogP contribution < -0.4 is 9.47 Å². The van der Waals surface area contributed by atoms with Crippen LogP contribution in [0.2, 0.25) is 0 Å². The zero-order valence-corrected chi connectivity index (χ0v) is 20.7. The van der Waals surface area contributed by atoms with E-state index in [2.05, 4.69) is 26.0 Å². The Bertz CT molecular complexity index is 1110. The van der Waals surface area contributed by atoms with Gasteiger partial charge in [0, 0.05) is 28.3 Å². The number of hydrogen-bond acceptors (Lipinski definition) is 4. The molecule has 0 saturated heterocycles. The second-order valence-corrected chi connectivity index (χ2v) is 7.73. The molecular formula is C27H24N2O2Pt. The van der Waals surface area contributed by atoms with E-state index < -0.39 is 5.41 Å². The molecule has 0 unspecified atom stereocenters. The second-order valence-electron chi connectivity index (χ2n) is 7.73. The summed E-state index contributed by atoms with van der Waals surface area (Å²) in [5.74, 6) is 1.56. The molecule has 0 radical (unpaired) electrons. The molecule has 0 saturated carbocycles. The first-order chi connectivity index (χ1) is 15.0. The predicted octanol–water partition coefficient (Wildman–Crippen LogP) is 5.75. The van der Waals surface area contributed by atoms with Gasteiger partial charge in [-0.05, 0) is 37.4 Å². The molecule has 2 aromatic carbocycles. The zero-order chi connectivity index (χ0) is 21.8. The largest absolute Gasteiger partial charge is 2.00 e. The Morgan fingerprint density at radius 3 is 1.53 bits per heavy atom. The van der Waals surface area contributed by atoms with Crippen LogP contribution in [0.1, 0.15) is 25.2 Å². The van der Waals surface area contributed by atoms with Crippen LogP contribution in [0.5, 0.6) is 11.5 Å². The van der Waals surface area contributed by atoms with Crippen LogP contribution in [0, 0.1) is 12.1 Å². The first-order valence-corrected chi connectivity index (χ1v) is 10.1. The molecule has 0 fully saturated rings. The van der Waals surface area contributed by atoms with Crippen molar-refractivity contribution >= 4 is 0 Å². The Labute approximate surface area is 203 Å². The van der Waals surface area contributed by atoms with Gasteiger partial charge in [-0.3, -0.25) is 0 Å². The topological polar surface area (TPSA) is 44.2 Å². The SMILES string of the molecule is COc1cc[c-]c(-c2cccc(C(C)(C)c3cccc(-c4[c-]ccc(OC)c4)n3)n2)c1.[Pt+2]. The zero-order valence-electron chi connectivity index (χ0n) is 18.5. The van der Waals surface area contributed by atoms with E-state index in [-0.39, 0.29) is 21.1 Å². The third kappa shape index (κ3) is 4.92. The number of rotatable bonds is 6. The first kappa shape index (κ1) is 23.7. The number of aromatic nitrogens is 2. The third-order valence-corrected chi connectivity index (χ3v) is 5.35. The standard InChI is InChI=1S/C27H24N2O2.Pt/c1-27(2,25-15-7-13-23(28-25)19-9-5-11-21(17-19)30-3)26-16-8-14-24(29-26)20-10-6-12-22(18-20)31-4;/h5-8,11-18H,1-4H3;/q-2;+2. The van der Waals surface area contributed by atoms with Crippen LogP contribution in [-0.4, -0.2) is 24.2 Å². The molecule has 5 heteroatoms. The molecule has 0 amide bonds. The molecule has 0 aliphatic heterocycles. The molecule has 4 nitrogen and oxygen atoms in total. The van der Waals surface area contributed by atoms with Crippen molar-refractivity contribution in [2.45, 2.75) is 19.3 Å². The molecular weight excluding hydrogens is 579 g/mol. The Kier molecular flexibility index (Phi) is 7.48. The normalized spacial score (nSPS) is 10.9. The number of benzene rings is 2. The first-order valence-electron chi connectivity index (χ1n) is 10.1. The molecule has 0 atom stereocenters.